The zero-order valence-corrected chi connectivity index (χ0v) is 16.2. The monoisotopic (exact) mass is 358 g/mol. The molecule has 27 heavy (non-hydrogen) atoms. The van der Waals surface area contributed by atoms with Crippen molar-refractivity contribution in [3.8, 4) is 11.8 Å². The molecular formula is C24H26N2O. The molecule has 0 N–H and O–H groups in total. The summed E-state index contributed by atoms with van der Waals surface area (Å²) in [6, 6.07) is 12.2. The van der Waals surface area contributed by atoms with Crippen LogP contribution in [0.5, 0.6) is 0 Å². The van der Waals surface area contributed by atoms with E-state index in [-0.39, 0.29) is 11.2 Å². The molecule has 0 radical (unpaired) electrons. The van der Waals surface area contributed by atoms with Crippen LogP contribution < -0.4 is 4.90 Å². The maximum Gasteiger partial charge on any atom is 0.165 e. The van der Waals surface area contributed by atoms with Gasteiger partial charge in [0.1, 0.15) is 5.69 Å². The largest absolute Gasteiger partial charge is 0.372 e. The molecule has 1 aromatic heterocycles. The summed E-state index contributed by atoms with van der Waals surface area (Å²) >= 11 is 0. The van der Waals surface area contributed by atoms with Crippen LogP contribution in [0, 0.1) is 17.3 Å². The van der Waals surface area contributed by atoms with Crippen molar-refractivity contribution in [1.29, 1.82) is 0 Å². The summed E-state index contributed by atoms with van der Waals surface area (Å²) in [6.45, 7) is 6.51. The molecule has 0 bridgehead atoms. The quantitative estimate of drug-likeness (QED) is 0.697. The summed E-state index contributed by atoms with van der Waals surface area (Å²) < 4.78 is 0. The number of Topliss-reactive ketones (excluding diaryl/α,β-unsaturated/α-hetero) is 1. The molecule has 0 spiro atoms. The van der Waals surface area contributed by atoms with Crippen LogP contribution >= 0.6 is 0 Å². The predicted octanol–water partition coefficient (Wildman–Crippen LogP) is 4.63. The van der Waals surface area contributed by atoms with E-state index in [2.05, 4.69) is 53.8 Å². The van der Waals surface area contributed by atoms with Crippen LogP contribution in [0.15, 0.2) is 36.4 Å². The second-order valence-electron chi connectivity index (χ2n) is 8.48. The number of benzene rings is 1. The van der Waals surface area contributed by atoms with Gasteiger partial charge < -0.3 is 4.90 Å². The topological polar surface area (TPSA) is 33.2 Å². The molecule has 4 rings (SSSR count). The zero-order valence-electron chi connectivity index (χ0n) is 16.2. The molecule has 1 fully saturated rings. The number of ketones is 1. The number of fused-ring (bicyclic) bond motifs is 1. The average molecular weight is 358 g/mol. The second-order valence-corrected chi connectivity index (χ2v) is 8.48. The molecule has 0 amide bonds. The maximum atomic E-state index is 12.3. The van der Waals surface area contributed by atoms with Crippen LogP contribution in [0.4, 0.5) is 5.69 Å². The molecule has 1 aliphatic heterocycles. The Morgan fingerprint density at radius 3 is 2.63 bits per heavy atom. The van der Waals surface area contributed by atoms with Crippen molar-refractivity contribution in [3.05, 3.63) is 58.9 Å². The fraction of sp³-hybridized carbons (Fsp3) is 0.417. The molecule has 138 valence electrons. The summed E-state index contributed by atoms with van der Waals surface area (Å²) in [5, 5.41) is 0. The van der Waals surface area contributed by atoms with E-state index in [1.165, 1.54) is 24.9 Å². The highest BCUT2D eigenvalue weighted by Crippen LogP contribution is 2.33. The third-order valence-electron chi connectivity index (χ3n) is 5.46. The Hall–Kier alpha value is -2.60. The number of pyridine rings is 1. The van der Waals surface area contributed by atoms with Crippen molar-refractivity contribution < 1.29 is 4.79 Å². The highest BCUT2D eigenvalue weighted by atomic mass is 16.1. The van der Waals surface area contributed by atoms with Crippen LogP contribution in [-0.4, -0.2) is 23.9 Å². The SMILES string of the molecule is CC1(C)CC(=O)c2ccc(C#Cc3cccc(N4CCCCC4)c3)nc2C1. The van der Waals surface area contributed by atoms with Gasteiger partial charge in [0.2, 0.25) is 0 Å². The van der Waals surface area contributed by atoms with Crippen molar-refractivity contribution in [2.24, 2.45) is 5.41 Å². The molecule has 3 heteroatoms. The number of hydrogen-bond acceptors (Lipinski definition) is 3. The van der Waals surface area contributed by atoms with Gasteiger partial charge >= 0.3 is 0 Å². The van der Waals surface area contributed by atoms with E-state index in [9.17, 15) is 4.79 Å². The van der Waals surface area contributed by atoms with E-state index in [4.69, 9.17) is 0 Å². The van der Waals surface area contributed by atoms with Crippen molar-refractivity contribution >= 4 is 11.5 Å². The number of piperidine rings is 1. The summed E-state index contributed by atoms with van der Waals surface area (Å²) in [7, 11) is 0. The van der Waals surface area contributed by atoms with Crippen LogP contribution in [0.3, 0.4) is 0 Å². The van der Waals surface area contributed by atoms with Crippen LogP contribution in [0.2, 0.25) is 0 Å². The van der Waals surface area contributed by atoms with Crippen molar-refractivity contribution in [2.75, 3.05) is 18.0 Å². The molecule has 3 nitrogen and oxygen atoms in total. The van der Waals surface area contributed by atoms with E-state index in [1.807, 2.05) is 18.2 Å². The van der Waals surface area contributed by atoms with E-state index in [0.717, 1.165) is 42.0 Å². The highest BCUT2D eigenvalue weighted by molar-refractivity contribution is 5.98. The first-order valence-electron chi connectivity index (χ1n) is 9.90. The van der Waals surface area contributed by atoms with Crippen molar-refractivity contribution in [3.63, 3.8) is 0 Å². The van der Waals surface area contributed by atoms with E-state index < -0.39 is 0 Å². The van der Waals surface area contributed by atoms with Crippen LogP contribution in [-0.2, 0) is 6.42 Å². The summed E-state index contributed by atoms with van der Waals surface area (Å²) in [6.07, 6.45) is 5.29. The average Bonchev–Trinajstić information content (AvgIpc) is 2.66. The van der Waals surface area contributed by atoms with Crippen molar-refractivity contribution in [2.45, 2.75) is 46.0 Å². The molecule has 0 atom stereocenters. The molecule has 1 aliphatic carbocycles. The van der Waals surface area contributed by atoms with Crippen molar-refractivity contribution in [1.82, 2.24) is 4.98 Å². The lowest BCUT2D eigenvalue weighted by molar-refractivity contribution is 0.0910. The number of anilines is 1. The maximum absolute atomic E-state index is 12.3. The van der Waals surface area contributed by atoms with Gasteiger partial charge in [-0.2, -0.15) is 0 Å². The van der Waals surface area contributed by atoms with Gasteiger partial charge in [-0.3, -0.25) is 4.79 Å². The third kappa shape index (κ3) is 4.06. The summed E-state index contributed by atoms with van der Waals surface area (Å²) in [5.74, 6) is 6.64. The van der Waals surface area contributed by atoms with E-state index >= 15 is 0 Å². The predicted molar refractivity (Wildman–Crippen MR) is 109 cm³/mol. The van der Waals surface area contributed by atoms with Gasteiger partial charge in [-0.15, -0.1) is 0 Å². The lowest BCUT2D eigenvalue weighted by Gasteiger charge is -2.29. The van der Waals surface area contributed by atoms with Crippen LogP contribution in [0.1, 0.15) is 66.8 Å². The highest BCUT2D eigenvalue weighted by Gasteiger charge is 2.31. The molecule has 2 aromatic rings. The number of hydrogen-bond donors (Lipinski definition) is 0. The Morgan fingerprint density at radius 1 is 1.00 bits per heavy atom. The number of carbonyl (C=O) groups excluding carboxylic acids is 1. The number of rotatable bonds is 1. The normalized spacial score (nSPS) is 18.4. The minimum absolute atomic E-state index is 0.0219. The number of nitrogens with zero attached hydrogens (tertiary/aromatic N) is 2. The van der Waals surface area contributed by atoms with Gasteiger partial charge in [0.25, 0.3) is 0 Å². The fourth-order valence-electron chi connectivity index (χ4n) is 4.07. The second kappa shape index (κ2) is 7.19. The van der Waals surface area contributed by atoms with Gasteiger partial charge in [0, 0.05) is 36.3 Å². The molecule has 1 aromatic carbocycles. The smallest absolute Gasteiger partial charge is 0.165 e. The van der Waals surface area contributed by atoms with Gasteiger partial charge in [-0.05, 0) is 67.4 Å². The Labute approximate surface area is 161 Å². The Balaban J connectivity index is 1.57. The fourth-order valence-corrected chi connectivity index (χ4v) is 4.07. The first kappa shape index (κ1) is 17.8. The molecule has 0 unspecified atom stereocenters. The first-order chi connectivity index (χ1) is 13.0. The van der Waals surface area contributed by atoms with E-state index in [1.54, 1.807) is 0 Å². The number of carbonyl (C=O) groups is 1. The van der Waals surface area contributed by atoms with Gasteiger partial charge in [0.15, 0.2) is 5.78 Å². The van der Waals surface area contributed by atoms with Gasteiger partial charge in [0.05, 0.1) is 5.69 Å². The Kier molecular flexibility index (Phi) is 4.74. The lowest BCUT2D eigenvalue weighted by atomic mass is 9.75. The minimum atomic E-state index is -0.0219. The van der Waals surface area contributed by atoms with Crippen LogP contribution in [0.25, 0.3) is 0 Å². The Morgan fingerprint density at radius 2 is 1.81 bits per heavy atom. The third-order valence-corrected chi connectivity index (χ3v) is 5.46. The molecule has 0 saturated carbocycles. The van der Waals surface area contributed by atoms with E-state index in [0.29, 0.717) is 6.42 Å². The Bertz CT molecular complexity index is 927. The standard InChI is InChI=1S/C24H26N2O/c1-24(2)16-22-21(23(27)17-24)12-11-19(25-22)10-9-18-7-6-8-20(15-18)26-13-4-3-5-14-26/h6-8,11-12,15H,3-5,13-14,16-17H2,1-2H3. The minimum Gasteiger partial charge on any atom is -0.372 e. The molecule has 1 saturated heterocycles. The van der Waals surface area contributed by atoms with Gasteiger partial charge in [-0.25, -0.2) is 4.98 Å². The number of aromatic nitrogens is 1. The summed E-state index contributed by atoms with van der Waals surface area (Å²) in [5.41, 5.74) is 4.65. The van der Waals surface area contributed by atoms with Gasteiger partial charge in [-0.1, -0.05) is 25.8 Å². The first-order valence-corrected chi connectivity index (χ1v) is 9.90. The zero-order chi connectivity index (χ0) is 18.9. The lowest BCUT2D eigenvalue weighted by Crippen LogP contribution is -2.29. The molecular weight excluding hydrogens is 332 g/mol. The summed E-state index contributed by atoms with van der Waals surface area (Å²) in [4.78, 5) is 19.4. The molecule has 2 aliphatic rings. The molecule has 2 heterocycles.